The van der Waals surface area contributed by atoms with Crippen molar-refractivity contribution >= 4 is 11.8 Å². The van der Waals surface area contributed by atoms with Gasteiger partial charge in [0.1, 0.15) is 0 Å². The lowest BCUT2D eigenvalue weighted by Crippen LogP contribution is -2.40. The topological polar surface area (TPSA) is 75.4 Å². The molecule has 5 heteroatoms. The van der Waals surface area contributed by atoms with Crippen LogP contribution in [0.2, 0.25) is 0 Å². The number of nitrogens with one attached hydrogen (secondary N) is 1. The highest BCUT2D eigenvalue weighted by molar-refractivity contribution is 5.88. The van der Waals surface area contributed by atoms with Gasteiger partial charge in [0.05, 0.1) is 5.92 Å². The monoisotopic (exact) mass is 419 g/mol. The summed E-state index contributed by atoms with van der Waals surface area (Å²) in [6, 6.07) is 18.6. The average Bonchev–Trinajstić information content (AvgIpc) is 2.77. The second-order valence-corrected chi connectivity index (χ2v) is 8.49. The largest absolute Gasteiger partial charge is 0.369 e. The number of carbonyl (C=O) groups is 2. The molecule has 1 saturated heterocycles. The van der Waals surface area contributed by atoms with E-state index in [9.17, 15) is 9.59 Å². The fourth-order valence-electron chi connectivity index (χ4n) is 4.05. The molecule has 0 aliphatic carbocycles. The molecule has 1 unspecified atom stereocenters. The molecule has 5 nitrogen and oxygen atoms in total. The van der Waals surface area contributed by atoms with Crippen molar-refractivity contribution in [2.24, 2.45) is 11.7 Å². The SMILES string of the molecule is C/C(=C\C(=O)NCc1cccc(CN2CCCC(C(N)=O)C2)c1)CCc1ccccc1. The van der Waals surface area contributed by atoms with E-state index in [0.29, 0.717) is 6.54 Å². The van der Waals surface area contributed by atoms with Crippen molar-refractivity contribution in [2.45, 2.75) is 45.7 Å². The summed E-state index contributed by atoms with van der Waals surface area (Å²) in [4.78, 5) is 26.1. The number of nitrogens with zero attached hydrogens (tertiary/aromatic N) is 1. The van der Waals surface area contributed by atoms with Crippen LogP contribution in [0, 0.1) is 5.92 Å². The molecule has 0 bridgehead atoms. The molecule has 1 aliphatic heterocycles. The maximum absolute atomic E-state index is 12.3. The first kappa shape index (κ1) is 22.8. The summed E-state index contributed by atoms with van der Waals surface area (Å²) in [5, 5.41) is 2.99. The van der Waals surface area contributed by atoms with Gasteiger partial charge in [0.25, 0.3) is 0 Å². The van der Waals surface area contributed by atoms with Gasteiger partial charge >= 0.3 is 0 Å². The van der Waals surface area contributed by atoms with Gasteiger partial charge in [-0.3, -0.25) is 14.5 Å². The maximum atomic E-state index is 12.3. The van der Waals surface area contributed by atoms with Crippen molar-refractivity contribution < 1.29 is 9.59 Å². The van der Waals surface area contributed by atoms with E-state index in [1.54, 1.807) is 6.08 Å². The standard InChI is InChI=1S/C26H33N3O2/c1-20(12-13-21-7-3-2-4-8-21)15-25(30)28-17-22-9-5-10-23(16-22)18-29-14-6-11-24(19-29)26(27)31/h2-5,7-10,15-16,24H,6,11-14,17-19H2,1H3,(H2,27,31)(H,28,30)/b20-15+. The summed E-state index contributed by atoms with van der Waals surface area (Å²) in [5.41, 5.74) is 10.1. The lowest BCUT2D eigenvalue weighted by Gasteiger charge is -2.31. The smallest absolute Gasteiger partial charge is 0.244 e. The Kier molecular flexibility index (Phi) is 8.42. The first-order valence-corrected chi connectivity index (χ1v) is 11.1. The minimum Gasteiger partial charge on any atom is -0.369 e. The lowest BCUT2D eigenvalue weighted by molar-refractivity contribution is -0.123. The van der Waals surface area contributed by atoms with Crippen LogP contribution in [0.5, 0.6) is 0 Å². The van der Waals surface area contributed by atoms with Crippen molar-refractivity contribution in [3.63, 3.8) is 0 Å². The zero-order valence-electron chi connectivity index (χ0n) is 18.3. The average molecular weight is 420 g/mol. The fraction of sp³-hybridized carbons (Fsp3) is 0.385. The van der Waals surface area contributed by atoms with Gasteiger partial charge in [-0.15, -0.1) is 0 Å². The Labute approximate surface area is 185 Å². The molecule has 1 fully saturated rings. The number of likely N-dealkylation sites (tertiary alicyclic amines) is 1. The number of allylic oxidation sites excluding steroid dienone is 1. The number of nitrogens with two attached hydrogens (primary N) is 1. The van der Waals surface area contributed by atoms with Crippen LogP contribution in [0.4, 0.5) is 0 Å². The van der Waals surface area contributed by atoms with E-state index in [1.165, 1.54) is 11.1 Å². The van der Waals surface area contributed by atoms with E-state index in [-0.39, 0.29) is 17.7 Å². The number of carbonyl (C=O) groups excluding carboxylic acids is 2. The third kappa shape index (κ3) is 7.68. The second kappa shape index (κ2) is 11.5. The molecular formula is C26H33N3O2. The maximum Gasteiger partial charge on any atom is 0.244 e. The summed E-state index contributed by atoms with van der Waals surface area (Å²) >= 11 is 0. The summed E-state index contributed by atoms with van der Waals surface area (Å²) in [7, 11) is 0. The van der Waals surface area contributed by atoms with Crippen LogP contribution in [-0.2, 0) is 29.1 Å². The molecule has 3 rings (SSSR count). The highest BCUT2D eigenvalue weighted by Gasteiger charge is 2.23. The number of rotatable bonds is 9. The summed E-state index contributed by atoms with van der Waals surface area (Å²) in [6.07, 6.45) is 5.39. The van der Waals surface area contributed by atoms with Crippen molar-refractivity contribution in [1.29, 1.82) is 0 Å². The van der Waals surface area contributed by atoms with Gasteiger partial charge in [0.2, 0.25) is 11.8 Å². The predicted octanol–water partition coefficient (Wildman–Crippen LogP) is 3.58. The lowest BCUT2D eigenvalue weighted by atomic mass is 9.97. The predicted molar refractivity (Wildman–Crippen MR) is 124 cm³/mol. The molecule has 3 N–H and O–H groups in total. The Morgan fingerprint density at radius 1 is 1.10 bits per heavy atom. The highest BCUT2D eigenvalue weighted by Crippen LogP contribution is 2.19. The van der Waals surface area contributed by atoms with E-state index >= 15 is 0 Å². The van der Waals surface area contributed by atoms with Crippen LogP contribution < -0.4 is 11.1 Å². The zero-order valence-corrected chi connectivity index (χ0v) is 18.3. The number of aryl methyl sites for hydroxylation is 1. The van der Waals surface area contributed by atoms with E-state index in [4.69, 9.17) is 5.73 Å². The van der Waals surface area contributed by atoms with Gasteiger partial charge in [-0.1, -0.05) is 60.2 Å². The third-order valence-electron chi connectivity index (χ3n) is 5.80. The highest BCUT2D eigenvalue weighted by atomic mass is 16.1. The van der Waals surface area contributed by atoms with Crippen molar-refractivity contribution in [3.8, 4) is 0 Å². The number of benzene rings is 2. The van der Waals surface area contributed by atoms with Crippen molar-refractivity contribution in [2.75, 3.05) is 13.1 Å². The third-order valence-corrected chi connectivity index (χ3v) is 5.80. The molecule has 1 aliphatic rings. The van der Waals surface area contributed by atoms with Gasteiger partial charge in [0.15, 0.2) is 0 Å². The molecule has 2 aromatic rings. The molecule has 0 aromatic heterocycles. The number of amides is 2. The summed E-state index contributed by atoms with van der Waals surface area (Å²) in [5.74, 6) is -0.308. The molecule has 31 heavy (non-hydrogen) atoms. The minimum absolute atomic E-state index is 0.0480. The molecule has 164 valence electrons. The molecule has 0 radical (unpaired) electrons. The van der Waals surface area contributed by atoms with E-state index < -0.39 is 0 Å². The summed E-state index contributed by atoms with van der Waals surface area (Å²) in [6.45, 7) is 5.01. The fourth-order valence-corrected chi connectivity index (χ4v) is 4.05. The van der Waals surface area contributed by atoms with Crippen LogP contribution in [0.25, 0.3) is 0 Å². The number of hydrogen-bond donors (Lipinski definition) is 2. The Morgan fingerprint density at radius 2 is 1.84 bits per heavy atom. The molecule has 2 aromatic carbocycles. The zero-order chi connectivity index (χ0) is 22.1. The van der Waals surface area contributed by atoms with Gasteiger partial charge in [-0.25, -0.2) is 0 Å². The molecule has 0 spiro atoms. The number of piperidine rings is 1. The second-order valence-electron chi connectivity index (χ2n) is 8.49. The van der Waals surface area contributed by atoms with Crippen LogP contribution in [0.3, 0.4) is 0 Å². The van der Waals surface area contributed by atoms with Crippen molar-refractivity contribution in [1.82, 2.24) is 10.2 Å². The van der Waals surface area contributed by atoms with Crippen LogP contribution in [0.1, 0.15) is 42.9 Å². The number of primary amides is 1. The molecule has 0 saturated carbocycles. The van der Waals surface area contributed by atoms with Gasteiger partial charge in [0, 0.05) is 25.7 Å². The van der Waals surface area contributed by atoms with Gasteiger partial charge in [-0.2, -0.15) is 0 Å². The van der Waals surface area contributed by atoms with Crippen LogP contribution in [-0.4, -0.2) is 29.8 Å². The Morgan fingerprint density at radius 3 is 2.61 bits per heavy atom. The van der Waals surface area contributed by atoms with Gasteiger partial charge < -0.3 is 11.1 Å². The Bertz CT molecular complexity index is 908. The van der Waals surface area contributed by atoms with E-state index in [0.717, 1.165) is 56.5 Å². The minimum atomic E-state index is -0.201. The quantitative estimate of drug-likeness (QED) is 0.610. The molecule has 2 amide bonds. The van der Waals surface area contributed by atoms with E-state index in [1.807, 2.05) is 37.3 Å². The summed E-state index contributed by atoms with van der Waals surface area (Å²) < 4.78 is 0. The molecular weight excluding hydrogens is 386 g/mol. The number of hydrogen-bond acceptors (Lipinski definition) is 3. The van der Waals surface area contributed by atoms with Crippen LogP contribution >= 0.6 is 0 Å². The first-order valence-electron chi connectivity index (χ1n) is 11.1. The van der Waals surface area contributed by atoms with Gasteiger partial charge in [-0.05, 0) is 55.8 Å². The van der Waals surface area contributed by atoms with E-state index in [2.05, 4.69) is 34.5 Å². The molecule has 1 atom stereocenters. The molecule has 1 heterocycles. The van der Waals surface area contributed by atoms with Crippen LogP contribution in [0.15, 0.2) is 66.2 Å². The Hall–Kier alpha value is -2.92. The normalized spacial score (nSPS) is 17.3. The van der Waals surface area contributed by atoms with Crippen molar-refractivity contribution in [3.05, 3.63) is 82.9 Å². The first-order chi connectivity index (χ1) is 15.0. The Balaban J connectivity index is 1.46.